The van der Waals surface area contributed by atoms with E-state index in [2.05, 4.69) is 52.3 Å². The largest absolute Gasteiger partial charge is 0.329 e. The lowest BCUT2D eigenvalue weighted by Gasteiger charge is -2.33. The second-order valence-corrected chi connectivity index (χ2v) is 7.10. The molecule has 1 aromatic heterocycles. The first-order chi connectivity index (χ1) is 10.0. The summed E-state index contributed by atoms with van der Waals surface area (Å²) >= 11 is 5.22. The Morgan fingerprint density at radius 2 is 2.14 bits per heavy atom. The Balaban J connectivity index is 2.15. The van der Waals surface area contributed by atoms with Gasteiger partial charge in [-0.25, -0.2) is 4.39 Å². The first-order valence-electron chi connectivity index (χ1n) is 6.92. The fourth-order valence-electron chi connectivity index (χ4n) is 2.46. The molecule has 0 amide bonds. The van der Waals surface area contributed by atoms with Gasteiger partial charge in [-0.2, -0.15) is 0 Å². The topological polar surface area (TPSA) is 29.3 Å². The summed E-state index contributed by atoms with van der Waals surface area (Å²) in [5.41, 5.74) is 7.00. The zero-order valence-corrected chi connectivity index (χ0v) is 14.6. The Hall–Kier alpha value is -0.750. The summed E-state index contributed by atoms with van der Waals surface area (Å²) < 4.78 is 14.0. The predicted octanol–water partition coefficient (Wildman–Crippen LogP) is 4.21. The van der Waals surface area contributed by atoms with Crippen LogP contribution in [0.3, 0.4) is 0 Å². The summed E-state index contributed by atoms with van der Waals surface area (Å²) in [6.45, 7) is 2.69. The van der Waals surface area contributed by atoms with Gasteiger partial charge in [0.1, 0.15) is 5.82 Å². The van der Waals surface area contributed by atoms with Gasteiger partial charge in [-0.3, -0.25) is 4.90 Å². The number of hydrogen-bond acceptors (Lipinski definition) is 3. The molecule has 21 heavy (non-hydrogen) atoms. The predicted molar refractivity (Wildman–Crippen MR) is 91.1 cm³/mol. The van der Waals surface area contributed by atoms with Crippen LogP contribution in [0.25, 0.3) is 0 Å². The highest BCUT2D eigenvalue weighted by Gasteiger charge is 2.22. The quantitative estimate of drug-likeness (QED) is 0.824. The van der Waals surface area contributed by atoms with Crippen molar-refractivity contribution in [2.45, 2.75) is 25.4 Å². The van der Waals surface area contributed by atoms with E-state index in [0.717, 1.165) is 16.5 Å². The molecule has 114 valence electrons. The van der Waals surface area contributed by atoms with Gasteiger partial charge >= 0.3 is 0 Å². The van der Waals surface area contributed by atoms with Crippen molar-refractivity contribution in [2.24, 2.45) is 5.73 Å². The second kappa shape index (κ2) is 7.49. The molecule has 0 saturated carbocycles. The number of likely N-dealkylation sites (N-methyl/N-ethyl adjacent to an activating group) is 1. The molecule has 0 aliphatic carbocycles. The molecule has 2 N–H and O–H groups in total. The lowest BCUT2D eigenvalue weighted by atomic mass is 10.0. The van der Waals surface area contributed by atoms with E-state index in [9.17, 15) is 4.39 Å². The molecule has 0 spiro atoms. The fourth-order valence-corrected chi connectivity index (χ4v) is 3.90. The van der Waals surface area contributed by atoms with Crippen LogP contribution in [-0.4, -0.2) is 24.5 Å². The minimum atomic E-state index is -0.240. The van der Waals surface area contributed by atoms with Gasteiger partial charge in [0.05, 0.1) is 0 Å². The summed E-state index contributed by atoms with van der Waals surface area (Å²) in [4.78, 5) is 3.63. The van der Waals surface area contributed by atoms with Gasteiger partial charge in [-0.15, -0.1) is 11.3 Å². The van der Waals surface area contributed by atoms with Crippen LogP contribution in [0.2, 0.25) is 0 Å². The van der Waals surface area contributed by atoms with Crippen molar-refractivity contribution in [1.82, 2.24) is 4.90 Å². The molecule has 2 atom stereocenters. The Labute approximate surface area is 137 Å². The van der Waals surface area contributed by atoms with E-state index in [1.165, 1.54) is 17.0 Å². The summed E-state index contributed by atoms with van der Waals surface area (Å²) in [6.07, 6.45) is 0.990. The van der Waals surface area contributed by atoms with Crippen LogP contribution in [0.4, 0.5) is 4.39 Å². The molecule has 0 aliphatic heterocycles. The molecule has 5 heteroatoms. The fraction of sp³-hybridized carbons (Fsp3) is 0.375. The number of halogens is 2. The third-order valence-electron chi connectivity index (χ3n) is 3.81. The van der Waals surface area contributed by atoms with Crippen molar-refractivity contribution in [3.8, 4) is 0 Å². The van der Waals surface area contributed by atoms with Gasteiger partial charge in [0.2, 0.25) is 0 Å². The number of nitrogens with two attached hydrogens (primary N) is 1. The van der Waals surface area contributed by atoms with Gasteiger partial charge in [0.25, 0.3) is 0 Å². The van der Waals surface area contributed by atoms with Gasteiger partial charge < -0.3 is 5.73 Å². The molecule has 0 radical (unpaired) electrons. The first kappa shape index (κ1) is 16.6. The summed E-state index contributed by atoms with van der Waals surface area (Å²) in [5.74, 6) is -0.240. The average Bonchev–Trinajstić information content (AvgIpc) is 2.94. The van der Waals surface area contributed by atoms with E-state index < -0.39 is 0 Å². The van der Waals surface area contributed by atoms with E-state index in [1.54, 1.807) is 11.3 Å². The lowest BCUT2D eigenvalue weighted by molar-refractivity contribution is 0.188. The lowest BCUT2D eigenvalue weighted by Crippen LogP contribution is -2.38. The van der Waals surface area contributed by atoms with Crippen LogP contribution >= 0.6 is 27.3 Å². The molecule has 2 rings (SSSR count). The number of rotatable bonds is 6. The maximum absolute atomic E-state index is 13.3. The van der Waals surface area contributed by atoms with Gasteiger partial charge in [-0.1, -0.05) is 28.1 Å². The number of benzene rings is 1. The zero-order chi connectivity index (χ0) is 15.4. The maximum atomic E-state index is 13.3. The van der Waals surface area contributed by atoms with Crippen LogP contribution < -0.4 is 5.73 Å². The van der Waals surface area contributed by atoms with Gasteiger partial charge in [0, 0.05) is 28.0 Å². The Bertz CT molecular complexity index is 574. The van der Waals surface area contributed by atoms with Crippen molar-refractivity contribution in [2.75, 3.05) is 13.6 Å². The minimum Gasteiger partial charge on any atom is -0.329 e. The number of thiophene rings is 1. The molecular weight excluding hydrogens is 351 g/mol. The molecule has 0 saturated heterocycles. The van der Waals surface area contributed by atoms with Crippen molar-refractivity contribution < 1.29 is 4.39 Å². The monoisotopic (exact) mass is 370 g/mol. The SMILES string of the molecule is CC(Cc1cccs1)N(C)C(CN)c1ccc(F)cc1Br. The molecule has 0 bridgehead atoms. The zero-order valence-electron chi connectivity index (χ0n) is 12.2. The van der Waals surface area contributed by atoms with E-state index in [1.807, 2.05) is 6.07 Å². The third-order valence-corrected chi connectivity index (χ3v) is 5.39. The van der Waals surface area contributed by atoms with E-state index >= 15 is 0 Å². The molecule has 0 fully saturated rings. The van der Waals surface area contributed by atoms with Crippen LogP contribution in [0, 0.1) is 5.82 Å². The van der Waals surface area contributed by atoms with Crippen molar-refractivity contribution >= 4 is 27.3 Å². The Kier molecular flexibility index (Phi) is 5.93. The highest BCUT2D eigenvalue weighted by atomic mass is 79.9. The van der Waals surface area contributed by atoms with E-state index in [-0.39, 0.29) is 11.9 Å². The van der Waals surface area contributed by atoms with Gasteiger partial charge in [-0.05, 0) is 49.5 Å². The highest BCUT2D eigenvalue weighted by molar-refractivity contribution is 9.10. The van der Waals surface area contributed by atoms with Crippen molar-refractivity contribution in [1.29, 1.82) is 0 Å². The molecule has 1 aromatic carbocycles. The second-order valence-electron chi connectivity index (χ2n) is 5.22. The Morgan fingerprint density at radius 1 is 1.38 bits per heavy atom. The van der Waals surface area contributed by atoms with E-state index in [0.29, 0.717) is 12.6 Å². The van der Waals surface area contributed by atoms with Crippen molar-refractivity contribution in [3.63, 3.8) is 0 Å². The highest BCUT2D eigenvalue weighted by Crippen LogP contribution is 2.29. The molecular formula is C16H20BrFN2S. The molecule has 2 unspecified atom stereocenters. The summed E-state index contributed by atoms with van der Waals surface area (Å²) in [5, 5.41) is 2.10. The summed E-state index contributed by atoms with van der Waals surface area (Å²) in [6, 6.07) is 9.44. The van der Waals surface area contributed by atoms with Gasteiger partial charge in [0.15, 0.2) is 0 Å². The summed E-state index contributed by atoms with van der Waals surface area (Å²) in [7, 11) is 2.07. The standard InChI is InChI=1S/C16H20BrFN2S/c1-11(8-13-4-3-7-21-13)20(2)16(10-19)14-6-5-12(18)9-15(14)17/h3-7,9,11,16H,8,10,19H2,1-2H3. The molecule has 2 nitrogen and oxygen atoms in total. The Morgan fingerprint density at radius 3 is 2.71 bits per heavy atom. The van der Waals surface area contributed by atoms with E-state index in [4.69, 9.17) is 5.73 Å². The molecule has 0 aliphatic rings. The number of nitrogens with zero attached hydrogens (tertiary/aromatic N) is 1. The van der Waals surface area contributed by atoms with Crippen LogP contribution in [0.5, 0.6) is 0 Å². The van der Waals surface area contributed by atoms with Crippen LogP contribution in [0.1, 0.15) is 23.4 Å². The maximum Gasteiger partial charge on any atom is 0.124 e. The first-order valence-corrected chi connectivity index (χ1v) is 8.59. The minimum absolute atomic E-state index is 0.0648. The third kappa shape index (κ3) is 4.13. The van der Waals surface area contributed by atoms with Crippen molar-refractivity contribution in [3.05, 3.63) is 56.4 Å². The smallest absolute Gasteiger partial charge is 0.124 e. The average molecular weight is 371 g/mol. The number of hydrogen-bond donors (Lipinski definition) is 1. The normalized spacial score (nSPS) is 14.4. The van der Waals surface area contributed by atoms with Crippen LogP contribution in [-0.2, 0) is 6.42 Å². The van der Waals surface area contributed by atoms with Crippen LogP contribution in [0.15, 0.2) is 40.2 Å². The molecule has 2 aromatic rings. The molecule has 1 heterocycles.